The second-order valence-corrected chi connectivity index (χ2v) is 7.14. The van der Waals surface area contributed by atoms with Gasteiger partial charge < -0.3 is 23.8 Å². The summed E-state index contributed by atoms with van der Waals surface area (Å²) in [5.41, 5.74) is 2.11. The fourth-order valence-electron chi connectivity index (χ4n) is 3.56. The number of unbranched alkanes of at least 4 members (excludes halogenated alkanes) is 1. The van der Waals surface area contributed by atoms with Crippen molar-refractivity contribution in [3.8, 4) is 17.2 Å². The quantitative estimate of drug-likeness (QED) is 0.450. The molecule has 0 aromatic heterocycles. The summed E-state index contributed by atoms with van der Waals surface area (Å²) in [4.78, 5) is 14.7. The fourth-order valence-corrected chi connectivity index (χ4v) is 3.56. The van der Waals surface area contributed by atoms with Gasteiger partial charge >= 0.3 is 0 Å². The molecule has 2 aromatic carbocycles. The first-order valence-electron chi connectivity index (χ1n) is 9.83. The summed E-state index contributed by atoms with van der Waals surface area (Å²) in [5.74, 6) is 1.99. The van der Waals surface area contributed by atoms with E-state index >= 15 is 0 Å². The molecule has 1 fully saturated rings. The third-order valence-corrected chi connectivity index (χ3v) is 5.18. The Kier molecular flexibility index (Phi) is 6.99. The highest BCUT2D eigenvalue weighted by atomic mass is 16.5. The predicted molar refractivity (Wildman–Crippen MR) is 111 cm³/mol. The summed E-state index contributed by atoms with van der Waals surface area (Å²) in [6, 6.07) is 13.3. The van der Waals surface area contributed by atoms with E-state index in [1.54, 1.807) is 21.3 Å². The van der Waals surface area contributed by atoms with Crippen molar-refractivity contribution >= 4 is 5.91 Å². The minimum Gasteiger partial charge on any atom is -0.493 e. The predicted octanol–water partition coefficient (Wildman–Crippen LogP) is 3.77. The SMILES string of the molecule is COCCCCN1C(=O)[C@H](Oc2ccc(C)cc2)[C@@H]1c1ccc(OC)c(OC)c1. The van der Waals surface area contributed by atoms with Crippen molar-refractivity contribution < 1.29 is 23.7 Å². The van der Waals surface area contributed by atoms with Crippen LogP contribution >= 0.6 is 0 Å². The van der Waals surface area contributed by atoms with Crippen molar-refractivity contribution in [3.05, 3.63) is 53.6 Å². The Hall–Kier alpha value is -2.73. The molecule has 0 saturated carbocycles. The first-order valence-corrected chi connectivity index (χ1v) is 9.83. The molecule has 1 saturated heterocycles. The number of likely N-dealkylation sites (tertiary alicyclic amines) is 1. The van der Waals surface area contributed by atoms with Crippen LogP contribution in [0.2, 0.25) is 0 Å². The number of nitrogens with zero attached hydrogens (tertiary/aromatic N) is 1. The molecule has 6 nitrogen and oxygen atoms in total. The molecule has 1 amide bonds. The highest BCUT2D eigenvalue weighted by Crippen LogP contribution is 2.41. The van der Waals surface area contributed by atoms with Crippen molar-refractivity contribution in [1.82, 2.24) is 4.90 Å². The van der Waals surface area contributed by atoms with Crippen LogP contribution in [0.4, 0.5) is 0 Å². The zero-order valence-electron chi connectivity index (χ0n) is 17.5. The molecule has 0 spiro atoms. The van der Waals surface area contributed by atoms with Crippen LogP contribution in [0.25, 0.3) is 0 Å². The number of rotatable bonds is 10. The maximum Gasteiger partial charge on any atom is 0.266 e. The van der Waals surface area contributed by atoms with E-state index in [1.807, 2.05) is 54.3 Å². The van der Waals surface area contributed by atoms with Crippen molar-refractivity contribution in [1.29, 1.82) is 0 Å². The van der Waals surface area contributed by atoms with Crippen molar-refractivity contribution in [3.63, 3.8) is 0 Å². The average Bonchev–Trinajstić information content (AvgIpc) is 2.75. The molecule has 0 N–H and O–H groups in total. The molecule has 1 aliphatic heterocycles. The lowest BCUT2D eigenvalue weighted by molar-refractivity contribution is -0.164. The van der Waals surface area contributed by atoms with Crippen LogP contribution in [0.3, 0.4) is 0 Å². The minimum atomic E-state index is -0.557. The van der Waals surface area contributed by atoms with E-state index in [2.05, 4.69) is 0 Å². The van der Waals surface area contributed by atoms with Gasteiger partial charge in [-0.05, 0) is 49.6 Å². The molecule has 0 radical (unpaired) electrons. The Morgan fingerprint density at radius 2 is 1.66 bits per heavy atom. The fraction of sp³-hybridized carbons (Fsp3) is 0.435. The van der Waals surface area contributed by atoms with Gasteiger partial charge in [-0.3, -0.25) is 4.79 Å². The topological polar surface area (TPSA) is 57.2 Å². The van der Waals surface area contributed by atoms with Crippen LogP contribution in [0.5, 0.6) is 17.2 Å². The van der Waals surface area contributed by atoms with Crippen molar-refractivity contribution in [2.75, 3.05) is 34.5 Å². The molecule has 1 heterocycles. The summed E-state index contributed by atoms with van der Waals surface area (Å²) in [6.07, 6.45) is 1.22. The van der Waals surface area contributed by atoms with Crippen LogP contribution in [0.1, 0.15) is 30.0 Å². The lowest BCUT2D eigenvalue weighted by atomic mass is 9.89. The Labute approximate surface area is 172 Å². The molecule has 0 unspecified atom stereocenters. The van der Waals surface area contributed by atoms with Gasteiger partial charge in [0, 0.05) is 20.3 Å². The lowest BCUT2D eigenvalue weighted by Gasteiger charge is -2.47. The Morgan fingerprint density at radius 1 is 0.931 bits per heavy atom. The molecule has 29 heavy (non-hydrogen) atoms. The highest BCUT2D eigenvalue weighted by molar-refractivity contribution is 5.89. The molecule has 3 rings (SSSR count). The molecule has 156 valence electrons. The van der Waals surface area contributed by atoms with E-state index in [4.69, 9.17) is 18.9 Å². The van der Waals surface area contributed by atoms with Crippen LogP contribution in [0, 0.1) is 6.92 Å². The molecule has 0 aliphatic carbocycles. The minimum absolute atomic E-state index is 0.00257. The zero-order chi connectivity index (χ0) is 20.8. The van der Waals surface area contributed by atoms with E-state index in [-0.39, 0.29) is 11.9 Å². The monoisotopic (exact) mass is 399 g/mol. The molecule has 1 aliphatic rings. The Bertz CT molecular complexity index is 821. The standard InChI is InChI=1S/C23H29NO5/c1-16-7-10-18(11-8-16)29-22-21(24(23(22)25)13-5-6-14-26-2)17-9-12-19(27-3)20(15-17)28-4/h7-12,15,21-22H,5-6,13-14H2,1-4H3/t21-,22+/m0/s1. The summed E-state index contributed by atoms with van der Waals surface area (Å²) in [5, 5.41) is 0. The van der Waals surface area contributed by atoms with Gasteiger partial charge in [-0.1, -0.05) is 23.8 Å². The number of methoxy groups -OCH3 is 3. The van der Waals surface area contributed by atoms with E-state index in [0.717, 1.165) is 24.0 Å². The smallest absolute Gasteiger partial charge is 0.266 e. The van der Waals surface area contributed by atoms with Gasteiger partial charge in [-0.15, -0.1) is 0 Å². The molecular formula is C23H29NO5. The van der Waals surface area contributed by atoms with Gasteiger partial charge in [0.25, 0.3) is 5.91 Å². The number of hydrogen-bond acceptors (Lipinski definition) is 5. The second-order valence-electron chi connectivity index (χ2n) is 7.14. The third kappa shape index (κ3) is 4.65. The van der Waals surface area contributed by atoms with E-state index in [1.165, 1.54) is 0 Å². The van der Waals surface area contributed by atoms with Gasteiger partial charge in [-0.25, -0.2) is 0 Å². The van der Waals surface area contributed by atoms with Crippen molar-refractivity contribution in [2.45, 2.75) is 31.9 Å². The van der Waals surface area contributed by atoms with E-state index in [9.17, 15) is 4.79 Å². The largest absolute Gasteiger partial charge is 0.493 e. The van der Waals surface area contributed by atoms with Gasteiger partial charge in [0.05, 0.1) is 14.2 Å². The molecule has 6 heteroatoms. The van der Waals surface area contributed by atoms with Crippen LogP contribution in [-0.2, 0) is 9.53 Å². The zero-order valence-corrected chi connectivity index (χ0v) is 17.5. The second kappa shape index (κ2) is 9.65. The highest BCUT2D eigenvalue weighted by Gasteiger charge is 2.49. The van der Waals surface area contributed by atoms with Gasteiger partial charge in [0.15, 0.2) is 11.5 Å². The number of benzene rings is 2. The third-order valence-electron chi connectivity index (χ3n) is 5.18. The van der Waals surface area contributed by atoms with Gasteiger partial charge in [0.1, 0.15) is 11.8 Å². The summed E-state index contributed by atoms with van der Waals surface area (Å²) >= 11 is 0. The number of ether oxygens (including phenoxy) is 4. The maximum absolute atomic E-state index is 12.9. The maximum atomic E-state index is 12.9. The number of carbonyl (C=O) groups is 1. The van der Waals surface area contributed by atoms with Crippen LogP contribution in [0.15, 0.2) is 42.5 Å². The molecule has 2 atom stereocenters. The summed E-state index contributed by atoms with van der Waals surface area (Å²) in [6.45, 7) is 3.37. The Balaban J connectivity index is 1.83. The van der Waals surface area contributed by atoms with E-state index < -0.39 is 6.10 Å². The summed E-state index contributed by atoms with van der Waals surface area (Å²) < 4.78 is 22.0. The first kappa shape index (κ1) is 21.0. The number of hydrogen-bond donors (Lipinski definition) is 0. The molecule has 2 aromatic rings. The summed E-state index contributed by atoms with van der Waals surface area (Å²) in [7, 11) is 4.90. The van der Waals surface area contributed by atoms with E-state index in [0.29, 0.717) is 30.4 Å². The lowest BCUT2D eigenvalue weighted by Crippen LogP contribution is -2.61. The molecule has 0 bridgehead atoms. The first-order chi connectivity index (χ1) is 14.1. The number of amides is 1. The van der Waals surface area contributed by atoms with Gasteiger partial charge in [-0.2, -0.15) is 0 Å². The Morgan fingerprint density at radius 3 is 2.31 bits per heavy atom. The average molecular weight is 399 g/mol. The number of carbonyl (C=O) groups excluding carboxylic acids is 1. The number of aryl methyl sites for hydroxylation is 1. The van der Waals surface area contributed by atoms with Crippen LogP contribution in [-0.4, -0.2) is 51.4 Å². The van der Waals surface area contributed by atoms with Crippen LogP contribution < -0.4 is 14.2 Å². The molecular weight excluding hydrogens is 370 g/mol. The van der Waals surface area contributed by atoms with Gasteiger partial charge in [0.2, 0.25) is 6.10 Å². The number of β-lactam (4-membered cyclic amide) rings is 1. The van der Waals surface area contributed by atoms with Crippen molar-refractivity contribution in [2.24, 2.45) is 0 Å². The normalized spacial score (nSPS) is 18.3.